The molecule has 6 nitrogen and oxygen atoms in total. The number of piperidine rings is 2. The van der Waals surface area contributed by atoms with E-state index in [9.17, 15) is 9.59 Å². The summed E-state index contributed by atoms with van der Waals surface area (Å²) in [7, 11) is 1.96. The van der Waals surface area contributed by atoms with E-state index in [1.165, 1.54) is 6.42 Å². The number of ether oxygens (including phenoxy) is 1. The summed E-state index contributed by atoms with van der Waals surface area (Å²) in [6, 6.07) is 9.36. The third-order valence-electron chi connectivity index (χ3n) is 5.55. The summed E-state index contributed by atoms with van der Waals surface area (Å²) in [4.78, 5) is 29.3. The van der Waals surface area contributed by atoms with Crippen LogP contribution in [0.1, 0.15) is 25.7 Å². The summed E-state index contributed by atoms with van der Waals surface area (Å²) < 4.78 is 5.58. The Labute approximate surface area is 174 Å². The lowest BCUT2D eigenvalue weighted by Gasteiger charge is -2.38. The van der Waals surface area contributed by atoms with E-state index in [2.05, 4.69) is 5.32 Å². The molecule has 2 saturated heterocycles. The summed E-state index contributed by atoms with van der Waals surface area (Å²) >= 11 is 0. The van der Waals surface area contributed by atoms with E-state index < -0.39 is 0 Å². The average molecular weight is 410 g/mol. The van der Waals surface area contributed by atoms with E-state index in [1.54, 1.807) is 4.90 Å². The van der Waals surface area contributed by atoms with Gasteiger partial charge in [0.2, 0.25) is 5.91 Å². The van der Waals surface area contributed by atoms with Crippen LogP contribution in [0.2, 0.25) is 0 Å². The zero-order chi connectivity index (χ0) is 19.1. The number of nitrogens with zero attached hydrogens (tertiary/aromatic N) is 2. The zero-order valence-electron chi connectivity index (χ0n) is 16.6. The monoisotopic (exact) mass is 409 g/mol. The molecule has 2 fully saturated rings. The third kappa shape index (κ3) is 6.11. The second-order valence-electron chi connectivity index (χ2n) is 7.63. The quantitative estimate of drug-likeness (QED) is 0.782. The minimum Gasteiger partial charge on any atom is -0.484 e. The molecule has 1 aromatic rings. The minimum absolute atomic E-state index is 0. The smallest absolute Gasteiger partial charge is 0.260 e. The lowest BCUT2D eigenvalue weighted by molar-refractivity contribution is -0.143. The van der Waals surface area contributed by atoms with Crippen molar-refractivity contribution in [3.05, 3.63) is 30.3 Å². The van der Waals surface area contributed by atoms with Crippen LogP contribution in [0.25, 0.3) is 0 Å². The maximum Gasteiger partial charge on any atom is 0.260 e. The maximum absolute atomic E-state index is 13.0. The molecule has 1 aromatic carbocycles. The summed E-state index contributed by atoms with van der Waals surface area (Å²) in [6.45, 7) is 3.89. The van der Waals surface area contributed by atoms with Crippen molar-refractivity contribution in [1.29, 1.82) is 0 Å². The van der Waals surface area contributed by atoms with Gasteiger partial charge in [0.15, 0.2) is 6.61 Å². The topological polar surface area (TPSA) is 61.9 Å². The first-order valence-electron chi connectivity index (χ1n) is 10.1. The van der Waals surface area contributed by atoms with Gasteiger partial charge < -0.3 is 19.9 Å². The van der Waals surface area contributed by atoms with E-state index in [0.29, 0.717) is 24.8 Å². The molecule has 2 atom stereocenters. The van der Waals surface area contributed by atoms with Gasteiger partial charge in [0.1, 0.15) is 5.75 Å². The molecule has 3 rings (SSSR count). The molecule has 0 radical (unpaired) electrons. The molecule has 0 aliphatic carbocycles. The van der Waals surface area contributed by atoms with Crippen LogP contribution in [-0.4, -0.2) is 68.0 Å². The first kappa shape index (κ1) is 22.5. The highest BCUT2D eigenvalue weighted by Gasteiger charge is 2.33. The summed E-state index contributed by atoms with van der Waals surface area (Å²) in [6.07, 6.45) is 3.99. The van der Waals surface area contributed by atoms with Gasteiger partial charge in [-0.05, 0) is 57.3 Å². The lowest BCUT2D eigenvalue weighted by Crippen LogP contribution is -2.50. The molecule has 2 aliphatic rings. The predicted molar refractivity (Wildman–Crippen MR) is 112 cm³/mol. The second-order valence-corrected chi connectivity index (χ2v) is 7.63. The number of carbonyl (C=O) groups excluding carboxylic acids is 2. The molecular weight excluding hydrogens is 378 g/mol. The Morgan fingerprint density at radius 2 is 1.79 bits per heavy atom. The molecule has 2 aliphatic heterocycles. The van der Waals surface area contributed by atoms with Crippen LogP contribution in [-0.2, 0) is 9.59 Å². The van der Waals surface area contributed by atoms with Gasteiger partial charge in [-0.1, -0.05) is 18.2 Å². The van der Waals surface area contributed by atoms with Gasteiger partial charge >= 0.3 is 0 Å². The van der Waals surface area contributed by atoms with E-state index in [0.717, 1.165) is 38.9 Å². The molecule has 0 spiro atoms. The van der Waals surface area contributed by atoms with E-state index in [-0.39, 0.29) is 36.7 Å². The van der Waals surface area contributed by atoms with Gasteiger partial charge in [-0.25, -0.2) is 0 Å². The number of nitrogens with one attached hydrogen (secondary N) is 1. The van der Waals surface area contributed by atoms with Gasteiger partial charge in [-0.3, -0.25) is 9.59 Å². The molecular formula is C21H32ClN3O3. The summed E-state index contributed by atoms with van der Waals surface area (Å²) in [5.74, 6) is 1.33. The Morgan fingerprint density at radius 1 is 1.07 bits per heavy atom. The minimum atomic E-state index is -0.0761. The normalized spacial score (nSPS) is 22.3. The molecule has 2 unspecified atom stereocenters. The van der Waals surface area contributed by atoms with Gasteiger partial charge in [-0.15, -0.1) is 12.4 Å². The van der Waals surface area contributed by atoms with Gasteiger partial charge in [0.05, 0.1) is 5.92 Å². The number of carbonyl (C=O) groups is 2. The molecule has 1 N–H and O–H groups in total. The number of para-hydroxylation sites is 1. The first-order valence-corrected chi connectivity index (χ1v) is 10.1. The van der Waals surface area contributed by atoms with E-state index >= 15 is 0 Å². The van der Waals surface area contributed by atoms with Crippen LogP contribution >= 0.6 is 12.4 Å². The molecule has 0 aromatic heterocycles. The average Bonchev–Trinajstić information content (AvgIpc) is 2.73. The number of hydrogen-bond donors (Lipinski definition) is 1. The molecule has 0 bridgehead atoms. The lowest BCUT2D eigenvalue weighted by atomic mass is 9.93. The number of likely N-dealkylation sites (tertiary alicyclic amines) is 2. The molecule has 156 valence electrons. The molecule has 2 amide bonds. The van der Waals surface area contributed by atoms with Crippen LogP contribution in [0, 0.1) is 11.8 Å². The van der Waals surface area contributed by atoms with Crippen LogP contribution in [0.3, 0.4) is 0 Å². The number of amides is 2. The molecule has 28 heavy (non-hydrogen) atoms. The van der Waals surface area contributed by atoms with Crippen molar-refractivity contribution in [2.45, 2.75) is 25.7 Å². The zero-order valence-corrected chi connectivity index (χ0v) is 17.5. The predicted octanol–water partition coefficient (Wildman–Crippen LogP) is 2.18. The Bertz CT molecular complexity index is 627. The van der Waals surface area contributed by atoms with E-state index in [4.69, 9.17) is 4.74 Å². The highest BCUT2D eigenvalue weighted by atomic mass is 35.5. The first-order chi connectivity index (χ1) is 13.2. The fourth-order valence-electron chi connectivity index (χ4n) is 4.14. The number of hydrogen-bond acceptors (Lipinski definition) is 4. The van der Waals surface area contributed by atoms with Crippen molar-refractivity contribution in [1.82, 2.24) is 15.1 Å². The SMILES string of the molecule is CNCC1CCCN(C(=O)C2CCCN(C(=O)COc3ccccc3)C2)C1.Cl. The Kier molecular flexibility index (Phi) is 9.06. The fraction of sp³-hybridized carbons (Fsp3) is 0.619. The van der Waals surface area contributed by atoms with Crippen molar-refractivity contribution in [3.8, 4) is 5.75 Å². The third-order valence-corrected chi connectivity index (χ3v) is 5.55. The Balaban J connectivity index is 0.00000280. The molecule has 7 heteroatoms. The summed E-state index contributed by atoms with van der Waals surface area (Å²) in [5, 5.41) is 3.22. The van der Waals surface area contributed by atoms with Crippen molar-refractivity contribution >= 4 is 24.2 Å². The van der Waals surface area contributed by atoms with E-state index in [1.807, 2.05) is 42.3 Å². The van der Waals surface area contributed by atoms with Crippen molar-refractivity contribution in [2.24, 2.45) is 11.8 Å². The molecule has 0 saturated carbocycles. The van der Waals surface area contributed by atoms with Crippen molar-refractivity contribution < 1.29 is 14.3 Å². The number of benzene rings is 1. The van der Waals surface area contributed by atoms with Gasteiger partial charge in [0, 0.05) is 26.2 Å². The maximum atomic E-state index is 13.0. The number of halogens is 1. The van der Waals surface area contributed by atoms with Crippen LogP contribution in [0.4, 0.5) is 0 Å². The van der Waals surface area contributed by atoms with Crippen LogP contribution in [0.5, 0.6) is 5.75 Å². The number of rotatable bonds is 6. The summed E-state index contributed by atoms with van der Waals surface area (Å²) in [5.41, 5.74) is 0. The van der Waals surface area contributed by atoms with Gasteiger partial charge in [0.25, 0.3) is 5.91 Å². The highest BCUT2D eigenvalue weighted by Crippen LogP contribution is 2.23. The van der Waals surface area contributed by atoms with Crippen molar-refractivity contribution in [3.63, 3.8) is 0 Å². The standard InChI is InChI=1S/C21H31N3O3.ClH/c1-22-13-17-7-5-12-24(14-17)21(26)18-8-6-11-23(15-18)20(25)16-27-19-9-3-2-4-10-19;/h2-4,9-10,17-18,22H,5-8,11-16H2,1H3;1H. The fourth-order valence-corrected chi connectivity index (χ4v) is 4.14. The Hall–Kier alpha value is -1.79. The second kappa shape index (κ2) is 11.3. The van der Waals surface area contributed by atoms with Crippen LogP contribution in [0.15, 0.2) is 30.3 Å². The highest BCUT2D eigenvalue weighted by molar-refractivity contribution is 5.85. The Morgan fingerprint density at radius 3 is 2.54 bits per heavy atom. The van der Waals surface area contributed by atoms with Crippen molar-refractivity contribution in [2.75, 3.05) is 46.4 Å². The van der Waals surface area contributed by atoms with Crippen LogP contribution < -0.4 is 10.1 Å². The van der Waals surface area contributed by atoms with Gasteiger partial charge in [-0.2, -0.15) is 0 Å². The largest absolute Gasteiger partial charge is 0.484 e. The molecule has 2 heterocycles.